The molecule has 1 heterocycles. The third-order valence-electron chi connectivity index (χ3n) is 4.66. The summed E-state index contributed by atoms with van der Waals surface area (Å²) in [6, 6.07) is 14.3. The van der Waals surface area contributed by atoms with Crippen LogP contribution in [0.3, 0.4) is 0 Å². The first-order valence-electron chi connectivity index (χ1n) is 9.09. The zero-order chi connectivity index (χ0) is 19.9. The molecule has 0 N–H and O–H groups in total. The number of para-hydroxylation sites is 1. The van der Waals surface area contributed by atoms with Gasteiger partial charge in [-0.2, -0.15) is 0 Å². The van der Waals surface area contributed by atoms with E-state index in [9.17, 15) is 9.59 Å². The standard InChI is InChI=1S/C21H24N2O5/c1-26-18-9-8-16(14-19(18)27-2)21(25)23-12-10-22(11-13-23)20(24)15-28-17-6-4-3-5-7-17/h3-9,14H,10-13,15H2,1-2H3. The maximum Gasteiger partial charge on any atom is 0.260 e. The van der Waals surface area contributed by atoms with E-state index in [0.717, 1.165) is 0 Å². The van der Waals surface area contributed by atoms with E-state index in [1.165, 1.54) is 7.11 Å². The third-order valence-corrected chi connectivity index (χ3v) is 4.66. The summed E-state index contributed by atoms with van der Waals surface area (Å²) in [7, 11) is 3.09. The van der Waals surface area contributed by atoms with Crippen LogP contribution in [-0.4, -0.2) is 68.6 Å². The summed E-state index contributed by atoms with van der Waals surface area (Å²) in [5.74, 6) is 1.59. The van der Waals surface area contributed by atoms with Crippen LogP contribution >= 0.6 is 0 Å². The number of carbonyl (C=O) groups is 2. The van der Waals surface area contributed by atoms with Gasteiger partial charge in [-0.25, -0.2) is 0 Å². The Kier molecular flexibility index (Phi) is 6.37. The SMILES string of the molecule is COc1ccc(C(=O)N2CCN(C(=O)COc3ccccc3)CC2)cc1OC. The number of ether oxygens (including phenoxy) is 3. The number of piperazine rings is 1. The number of rotatable bonds is 6. The number of methoxy groups -OCH3 is 2. The zero-order valence-electron chi connectivity index (χ0n) is 16.1. The van der Waals surface area contributed by atoms with E-state index >= 15 is 0 Å². The molecular formula is C21H24N2O5. The molecule has 7 heteroatoms. The van der Waals surface area contributed by atoms with Crippen molar-refractivity contribution in [1.29, 1.82) is 0 Å². The third kappa shape index (κ3) is 4.54. The predicted octanol–water partition coefficient (Wildman–Crippen LogP) is 2.07. The van der Waals surface area contributed by atoms with E-state index in [0.29, 0.717) is 49.0 Å². The molecule has 1 saturated heterocycles. The fraction of sp³-hybridized carbons (Fsp3) is 0.333. The minimum atomic E-state index is -0.0893. The van der Waals surface area contributed by atoms with Crippen LogP contribution in [0.4, 0.5) is 0 Å². The summed E-state index contributed by atoms with van der Waals surface area (Å²) >= 11 is 0. The Morgan fingerprint density at radius 1 is 0.857 bits per heavy atom. The fourth-order valence-electron chi connectivity index (χ4n) is 3.06. The number of nitrogens with zero attached hydrogens (tertiary/aromatic N) is 2. The highest BCUT2D eigenvalue weighted by atomic mass is 16.5. The van der Waals surface area contributed by atoms with Crippen molar-refractivity contribution in [3.63, 3.8) is 0 Å². The molecule has 0 aliphatic carbocycles. The lowest BCUT2D eigenvalue weighted by Crippen LogP contribution is -2.51. The van der Waals surface area contributed by atoms with Gasteiger partial charge < -0.3 is 24.0 Å². The van der Waals surface area contributed by atoms with Crippen LogP contribution in [0, 0.1) is 0 Å². The summed E-state index contributed by atoms with van der Waals surface area (Å²) in [5.41, 5.74) is 0.532. The van der Waals surface area contributed by atoms with Gasteiger partial charge in [-0.05, 0) is 30.3 Å². The maximum atomic E-state index is 12.8. The molecule has 148 valence electrons. The number of carbonyl (C=O) groups excluding carboxylic acids is 2. The molecule has 1 aliphatic heterocycles. The Morgan fingerprint density at radius 3 is 2.14 bits per heavy atom. The number of hydrogen-bond donors (Lipinski definition) is 0. The largest absolute Gasteiger partial charge is 0.493 e. The van der Waals surface area contributed by atoms with Gasteiger partial charge in [0, 0.05) is 31.7 Å². The first-order chi connectivity index (χ1) is 13.6. The molecule has 0 atom stereocenters. The van der Waals surface area contributed by atoms with Crippen LogP contribution in [0.2, 0.25) is 0 Å². The first kappa shape index (κ1) is 19.5. The Bertz CT molecular complexity index is 817. The van der Waals surface area contributed by atoms with Crippen molar-refractivity contribution >= 4 is 11.8 Å². The molecule has 0 saturated carbocycles. The maximum absolute atomic E-state index is 12.8. The Hall–Kier alpha value is -3.22. The van der Waals surface area contributed by atoms with Crippen molar-refractivity contribution in [3.05, 3.63) is 54.1 Å². The van der Waals surface area contributed by atoms with Crippen LogP contribution in [0.5, 0.6) is 17.2 Å². The normalized spacial score (nSPS) is 13.8. The Labute approximate surface area is 164 Å². The average Bonchev–Trinajstić information content (AvgIpc) is 2.77. The Morgan fingerprint density at radius 2 is 1.50 bits per heavy atom. The molecule has 7 nitrogen and oxygen atoms in total. The van der Waals surface area contributed by atoms with Gasteiger partial charge in [0.05, 0.1) is 14.2 Å². The van der Waals surface area contributed by atoms with Crippen molar-refractivity contribution in [2.45, 2.75) is 0 Å². The van der Waals surface area contributed by atoms with Crippen molar-refractivity contribution in [1.82, 2.24) is 9.80 Å². The Balaban J connectivity index is 1.53. The highest BCUT2D eigenvalue weighted by Gasteiger charge is 2.25. The highest BCUT2D eigenvalue weighted by Crippen LogP contribution is 2.28. The fourth-order valence-corrected chi connectivity index (χ4v) is 3.06. The summed E-state index contributed by atoms with van der Waals surface area (Å²) in [6.45, 7) is 1.91. The average molecular weight is 384 g/mol. The molecule has 28 heavy (non-hydrogen) atoms. The van der Waals surface area contributed by atoms with E-state index in [-0.39, 0.29) is 18.4 Å². The molecule has 2 aromatic carbocycles. The summed E-state index contributed by atoms with van der Waals surface area (Å²) in [6.07, 6.45) is 0. The molecule has 0 unspecified atom stereocenters. The lowest BCUT2D eigenvalue weighted by molar-refractivity contribution is -0.134. The molecule has 2 aromatic rings. The molecule has 2 amide bonds. The number of amides is 2. The van der Waals surface area contributed by atoms with E-state index in [1.54, 1.807) is 35.1 Å². The summed E-state index contributed by atoms with van der Waals surface area (Å²) in [5, 5.41) is 0. The first-order valence-corrected chi connectivity index (χ1v) is 9.09. The predicted molar refractivity (Wildman–Crippen MR) is 104 cm³/mol. The van der Waals surface area contributed by atoms with Crippen LogP contribution in [0.15, 0.2) is 48.5 Å². The van der Waals surface area contributed by atoms with Gasteiger partial charge in [0.15, 0.2) is 18.1 Å². The van der Waals surface area contributed by atoms with Crippen LogP contribution in [0.25, 0.3) is 0 Å². The van der Waals surface area contributed by atoms with Crippen molar-refractivity contribution < 1.29 is 23.8 Å². The molecular weight excluding hydrogens is 360 g/mol. The highest BCUT2D eigenvalue weighted by molar-refractivity contribution is 5.95. The van der Waals surface area contributed by atoms with Gasteiger partial charge >= 0.3 is 0 Å². The van der Waals surface area contributed by atoms with E-state index < -0.39 is 0 Å². The summed E-state index contributed by atoms with van der Waals surface area (Å²) < 4.78 is 16.0. The minimum Gasteiger partial charge on any atom is -0.493 e. The number of hydrogen-bond acceptors (Lipinski definition) is 5. The van der Waals surface area contributed by atoms with Crippen molar-refractivity contribution in [2.75, 3.05) is 47.0 Å². The van der Waals surface area contributed by atoms with E-state index in [2.05, 4.69) is 0 Å². The molecule has 0 bridgehead atoms. The molecule has 0 radical (unpaired) electrons. The lowest BCUT2D eigenvalue weighted by Gasteiger charge is -2.34. The minimum absolute atomic E-state index is 0.00631. The zero-order valence-corrected chi connectivity index (χ0v) is 16.1. The van der Waals surface area contributed by atoms with Gasteiger partial charge in [-0.1, -0.05) is 18.2 Å². The van der Waals surface area contributed by atoms with Crippen LogP contribution in [-0.2, 0) is 4.79 Å². The molecule has 1 aliphatic rings. The van der Waals surface area contributed by atoms with Gasteiger partial charge in [-0.15, -0.1) is 0 Å². The number of benzene rings is 2. The molecule has 0 aromatic heterocycles. The van der Waals surface area contributed by atoms with Gasteiger partial charge in [0.1, 0.15) is 5.75 Å². The van der Waals surface area contributed by atoms with E-state index in [4.69, 9.17) is 14.2 Å². The summed E-state index contributed by atoms with van der Waals surface area (Å²) in [4.78, 5) is 28.6. The monoisotopic (exact) mass is 384 g/mol. The van der Waals surface area contributed by atoms with E-state index in [1.807, 2.05) is 30.3 Å². The van der Waals surface area contributed by atoms with Gasteiger partial charge in [0.25, 0.3) is 11.8 Å². The van der Waals surface area contributed by atoms with Gasteiger partial charge in [-0.3, -0.25) is 9.59 Å². The van der Waals surface area contributed by atoms with Crippen LogP contribution < -0.4 is 14.2 Å². The van der Waals surface area contributed by atoms with Crippen molar-refractivity contribution in [2.24, 2.45) is 0 Å². The second kappa shape index (κ2) is 9.12. The second-order valence-electron chi connectivity index (χ2n) is 6.34. The van der Waals surface area contributed by atoms with Crippen LogP contribution in [0.1, 0.15) is 10.4 Å². The molecule has 3 rings (SSSR count). The van der Waals surface area contributed by atoms with Gasteiger partial charge in [0.2, 0.25) is 0 Å². The second-order valence-corrected chi connectivity index (χ2v) is 6.34. The lowest BCUT2D eigenvalue weighted by atomic mass is 10.1. The smallest absolute Gasteiger partial charge is 0.260 e. The van der Waals surface area contributed by atoms with Crippen molar-refractivity contribution in [3.8, 4) is 17.2 Å². The molecule has 1 fully saturated rings. The topological polar surface area (TPSA) is 68.3 Å². The molecule has 0 spiro atoms. The quantitative estimate of drug-likeness (QED) is 0.763.